The highest BCUT2D eigenvalue weighted by Crippen LogP contribution is 2.07. The highest BCUT2D eigenvalue weighted by Gasteiger charge is 2.30. The van der Waals surface area contributed by atoms with E-state index in [2.05, 4.69) is 25.9 Å². The molecule has 8 N–H and O–H groups in total. The largest absolute Gasteiger partial charge is 0.481 e. The molecule has 0 aliphatic carbocycles. The lowest BCUT2D eigenvalue weighted by molar-refractivity contribution is -0.143. The maximum absolute atomic E-state index is 13.2. The van der Waals surface area contributed by atoms with Crippen molar-refractivity contribution in [3.05, 3.63) is 54.1 Å². The number of rotatable bonds is 14. The monoisotopic (exact) mass is 502 g/mol. The van der Waals surface area contributed by atoms with Crippen molar-refractivity contribution in [2.75, 3.05) is 0 Å². The second-order valence-electron chi connectivity index (χ2n) is 8.21. The molecule has 4 unspecified atom stereocenters. The Kier molecular flexibility index (Phi) is 10.6. The number of imidazole rings is 1. The highest BCUT2D eigenvalue weighted by molar-refractivity contribution is 5.94. The molecule has 1 aromatic carbocycles. The van der Waals surface area contributed by atoms with Crippen molar-refractivity contribution in [1.29, 1.82) is 0 Å². The molecule has 4 atom stereocenters. The zero-order valence-electron chi connectivity index (χ0n) is 19.6. The number of hydrogen-bond donors (Lipinski definition) is 7. The van der Waals surface area contributed by atoms with Crippen molar-refractivity contribution in [3.8, 4) is 0 Å². The molecule has 2 aromatic rings. The van der Waals surface area contributed by atoms with Crippen molar-refractivity contribution in [2.24, 2.45) is 5.73 Å². The fraction of sp³-hybridized carbons (Fsp3) is 0.391. The van der Waals surface area contributed by atoms with E-state index in [-0.39, 0.29) is 19.3 Å². The Morgan fingerprint density at radius 1 is 0.917 bits per heavy atom. The van der Waals surface area contributed by atoms with Gasteiger partial charge in [-0.05, 0) is 18.9 Å². The lowest BCUT2D eigenvalue weighted by atomic mass is 10.0. The third-order valence-electron chi connectivity index (χ3n) is 5.20. The third-order valence-corrected chi connectivity index (χ3v) is 5.20. The average Bonchev–Trinajstić information content (AvgIpc) is 3.34. The Morgan fingerprint density at radius 3 is 2.03 bits per heavy atom. The summed E-state index contributed by atoms with van der Waals surface area (Å²) in [6.07, 6.45) is 2.12. The summed E-state index contributed by atoms with van der Waals surface area (Å²) in [7, 11) is 0. The van der Waals surface area contributed by atoms with E-state index in [1.54, 1.807) is 30.3 Å². The number of aromatic amines is 1. The van der Waals surface area contributed by atoms with Crippen LogP contribution in [0.15, 0.2) is 42.9 Å². The van der Waals surface area contributed by atoms with Crippen LogP contribution in [-0.4, -0.2) is 74.0 Å². The lowest BCUT2D eigenvalue weighted by Crippen LogP contribution is -2.58. The first-order valence-corrected chi connectivity index (χ1v) is 11.2. The molecule has 0 aliphatic heterocycles. The van der Waals surface area contributed by atoms with Crippen LogP contribution < -0.4 is 21.7 Å². The molecule has 0 saturated heterocycles. The molecule has 0 fully saturated rings. The fourth-order valence-corrected chi connectivity index (χ4v) is 3.26. The number of carboxylic acid groups (broad SMARTS) is 2. The van der Waals surface area contributed by atoms with Crippen molar-refractivity contribution >= 4 is 29.7 Å². The summed E-state index contributed by atoms with van der Waals surface area (Å²) >= 11 is 0. The van der Waals surface area contributed by atoms with Gasteiger partial charge in [0.2, 0.25) is 17.7 Å². The molecule has 0 aliphatic rings. The number of amides is 3. The minimum Gasteiger partial charge on any atom is -0.481 e. The van der Waals surface area contributed by atoms with Crippen LogP contribution in [0.5, 0.6) is 0 Å². The number of benzene rings is 1. The van der Waals surface area contributed by atoms with Crippen molar-refractivity contribution in [3.63, 3.8) is 0 Å². The second-order valence-corrected chi connectivity index (χ2v) is 8.21. The van der Waals surface area contributed by atoms with E-state index < -0.39 is 60.2 Å². The molecule has 0 saturated carbocycles. The van der Waals surface area contributed by atoms with Gasteiger partial charge in [0.05, 0.1) is 12.4 Å². The number of nitrogens with one attached hydrogen (secondary N) is 4. The minimum atomic E-state index is -1.47. The van der Waals surface area contributed by atoms with Crippen LogP contribution in [0.1, 0.15) is 31.0 Å². The number of aromatic nitrogens is 2. The van der Waals surface area contributed by atoms with Crippen LogP contribution in [0.4, 0.5) is 0 Å². The summed E-state index contributed by atoms with van der Waals surface area (Å²) in [5.41, 5.74) is 6.84. The predicted octanol–water partition coefficient (Wildman–Crippen LogP) is -1.05. The normalized spacial score (nSPS) is 14.1. The standard InChI is InChI=1S/C23H30N6O7/c1-13(24)20(32)28-18(10-15-11-25-12-26-15)22(34)29-17(9-14-5-3-2-4-6-14)21(33)27-16(23(35)36)7-8-19(30)31/h2-6,11-13,16-18H,7-10,24H2,1H3,(H,25,26)(H,27,33)(H,28,32)(H,29,34)(H,30,31)(H,35,36). The molecule has 13 heteroatoms. The number of carbonyl (C=O) groups excluding carboxylic acids is 3. The quantitative estimate of drug-likeness (QED) is 0.167. The number of nitrogens with zero attached hydrogens (tertiary/aromatic N) is 1. The summed E-state index contributed by atoms with van der Waals surface area (Å²) in [5, 5.41) is 25.7. The van der Waals surface area contributed by atoms with Gasteiger partial charge in [0.1, 0.15) is 18.1 Å². The molecule has 3 amide bonds. The maximum atomic E-state index is 13.2. The zero-order chi connectivity index (χ0) is 26.7. The van der Waals surface area contributed by atoms with Gasteiger partial charge in [-0.15, -0.1) is 0 Å². The van der Waals surface area contributed by atoms with Crippen molar-refractivity contribution in [2.45, 2.75) is 56.8 Å². The first kappa shape index (κ1) is 28.0. The zero-order valence-corrected chi connectivity index (χ0v) is 19.6. The summed E-state index contributed by atoms with van der Waals surface area (Å²) < 4.78 is 0. The van der Waals surface area contributed by atoms with Crippen LogP contribution >= 0.6 is 0 Å². The molecular formula is C23H30N6O7. The Morgan fingerprint density at radius 2 is 1.50 bits per heavy atom. The molecule has 1 heterocycles. The number of aliphatic carboxylic acids is 2. The second kappa shape index (κ2) is 13.6. The van der Waals surface area contributed by atoms with Gasteiger partial charge in [-0.25, -0.2) is 9.78 Å². The highest BCUT2D eigenvalue weighted by atomic mass is 16.4. The van der Waals surface area contributed by atoms with Crippen LogP contribution in [0.25, 0.3) is 0 Å². The van der Waals surface area contributed by atoms with Crippen molar-refractivity contribution < 1.29 is 34.2 Å². The van der Waals surface area contributed by atoms with E-state index in [1.807, 2.05) is 0 Å². The lowest BCUT2D eigenvalue weighted by Gasteiger charge is -2.25. The van der Waals surface area contributed by atoms with Gasteiger partial charge in [0, 0.05) is 31.2 Å². The molecule has 0 bridgehead atoms. The SMILES string of the molecule is CC(N)C(=O)NC(Cc1cnc[nH]1)C(=O)NC(Cc1ccccc1)C(=O)NC(CCC(=O)O)C(=O)O. The molecule has 13 nitrogen and oxygen atoms in total. The Hall–Kier alpha value is -4.26. The summed E-state index contributed by atoms with van der Waals surface area (Å²) in [6, 6.07) is 4.01. The first-order chi connectivity index (χ1) is 17.1. The number of carbonyl (C=O) groups is 5. The molecular weight excluding hydrogens is 472 g/mol. The molecule has 194 valence electrons. The number of carboxylic acids is 2. The molecule has 0 radical (unpaired) electrons. The summed E-state index contributed by atoms with van der Waals surface area (Å²) in [5.74, 6) is -4.72. The summed E-state index contributed by atoms with van der Waals surface area (Å²) in [6.45, 7) is 1.45. The number of hydrogen-bond acceptors (Lipinski definition) is 7. The molecule has 2 rings (SSSR count). The average molecular weight is 503 g/mol. The Bertz CT molecular complexity index is 1040. The first-order valence-electron chi connectivity index (χ1n) is 11.2. The number of H-pyrrole nitrogens is 1. The van der Waals surface area contributed by atoms with Gasteiger partial charge in [0.25, 0.3) is 0 Å². The van der Waals surface area contributed by atoms with Crippen LogP contribution in [0.2, 0.25) is 0 Å². The smallest absolute Gasteiger partial charge is 0.326 e. The van der Waals surface area contributed by atoms with Crippen LogP contribution in [0, 0.1) is 0 Å². The maximum Gasteiger partial charge on any atom is 0.326 e. The Labute approximate surface area is 206 Å². The third kappa shape index (κ3) is 9.18. The van der Waals surface area contributed by atoms with Gasteiger partial charge in [-0.2, -0.15) is 0 Å². The van der Waals surface area contributed by atoms with Crippen molar-refractivity contribution in [1.82, 2.24) is 25.9 Å². The molecule has 1 aromatic heterocycles. The topological polar surface area (TPSA) is 217 Å². The minimum absolute atomic E-state index is 0.0156. The molecule has 36 heavy (non-hydrogen) atoms. The Balaban J connectivity index is 2.24. The van der Waals surface area contributed by atoms with E-state index in [0.717, 1.165) is 0 Å². The fourth-order valence-electron chi connectivity index (χ4n) is 3.26. The van der Waals surface area contributed by atoms with E-state index in [1.165, 1.54) is 19.4 Å². The van der Waals surface area contributed by atoms with Gasteiger partial charge in [0.15, 0.2) is 0 Å². The van der Waals surface area contributed by atoms with E-state index in [0.29, 0.717) is 11.3 Å². The van der Waals surface area contributed by atoms with Gasteiger partial charge in [-0.1, -0.05) is 30.3 Å². The van der Waals surface area contributed by atoms with Gasteiger partial charge >= 0.3 is 11.9 Å². The molecule has 0 spiro atoms. The van der Waals surface area contributed by atoms with Gasteiger partial charge < -0.3 is 36.9 Å². The summed E-state index contributed by atoms with van der Waals surface area (Å²) in [4.78, 5) is 67.6. The van der Waals surface area contributed by atoms with Gasteiger partial charge in [-0.3, -0.25) is 19.2 Å². The van der Waals surface area contributed by atoms with E-state index >= 15 is 0 Å². The van der Waals surface area contributed by atoms with E-state index in [4.69, 9.17) is 10.8 Å². The van der Waals surface area contributed by atoms with Crippen LogP contribution in [0.3, 0.4) is 0 Å². The van der Waals surface area contributed by atoms with E-state index in [9.17, 15) is 29.1 Å². The number of nitrogens with two attached hydrogens (primary N) is 1. The van der Waals surface area contributed by atoms with Crippen LogP contribution in [-0.2, 0) is 36.8 Å². The predicted molar refractivity (Wildman–Crippen MR) is 126 cm³/mol.